The standard InChI is InChI=1S/C13H17BrN2O3/c1-16(10-6-15-7-11(10)17)13(18)9-4-3-8(14)5-12(9)19-2/h3-5,10-11,15,17H,6-7H2,1-2H3/t10-,11-/m1/s1. The quantitative estimate of drug-likeness (QED) is 0.864. The van der Waals surface area contributed by atoms with Gasteiger partial charge in [0.15, 0.2) is 0 Å². The van der Waals surface area contributed by atoms with Gasteiger partial charge in [0.2, 0.25) is 0 Å². The molecule has 2 atom stereocenters. The van der Waals surface area contributed by atoms with Crippen molar-refractivity contribution in [2.24, 2.45) is 0 Å². The van der Waals surface area contributed by atoms with Crippen LogP contribution in [0.4, 0.5) is 0 Å². The number of halogens is 1. The maximum absolute atomic E-state index is 12.5. The molecule has 2 N–H and O–H groups in total. The summed E-state index contributed by atoms with van der Waals surface area (Å²) >= 11 is 3.34. The minimum Gasteiger partial charge on any atom is -0.496 e. The molecular weight excluding hydrogens is 312 g/mol. The lowest BCUT2D eigenvalue weighted by molar-refractivity contribution is 0.0578. The molecule has 0 unspecified atom stereocenters. The van der Waals surface area contributed by atoms with Gasteiger partial charge in [0.25, 0.3) is 5.91 Å². The number of benzene rings is 1. The first-order valence-electron chi connectivity index (χ1n) is 6.04. The largest absolute Gasteiger partial charge is 0.496 e. The molecule has 1 aromatic rings. The summed E-state index contributed by atoms with van der Waals surface area (Å²) in [5.41, 5.74) is 0.493. The lowest BCUT2D eigenvalue weighted by atomic mass is 10.1. The fourth-order valence-electron chi connectivity index (χ4n) is 2.23. The molecule has 5 nitrogen and oxygen atoms in total. The summed E-state index contributed by atoms with van der Waals surface area (Å²) in [5.74, 6) is 0.365. The van der Waals surface area contributed by atoms with Crippen LogP contribution in [-0.4, -0.2) is 55.3 Å². The van der Waals surface area contributed by atoms with E-state index in [1.54, 1.807) is 30.1 Å². The van der Waals surface area contributed by atoms with Crippen molar-refractivity contribution in [3.63, 3.8) is 0 Å². The molecule has 1 amide bonds. The van der Waals surface area contributed by atoms with Crippen LogP contribution in [0.1, 0.15) is 10.4 Å². The molecule has 2 rings (SSSR count). The zero-order chi connectivity index (χ0) is 14.0. The fraction of sp³-hybridized carbons (Fsp3) is 0.462. The van der Waals surface area contributed by atoms with Crippen LogP contribution in [-0.2, 0) is 0 Å². The van der Waals surface area contributed by atoms with E-state index in [0.29, 0.717) is 24.4 Å². The molecule has 1 heterocycles. The number of methoxy groups -OCH3 is 1. The van der Waals surface area contributed by atoms with Gasteiger partial charge in [-0.25, -0.2) is 0 Å². The van der Waals surface area contributed by atoms with Gasteiger partial charge in [-0.3, -0.25) is 4.79 Å². The number of carbonyl (C=O) groups excluding carboxylic acids is 1. The van der Waals surface area contributed by atoms with Gasteiger partial charge in [0, 0.05) is 24.6 Å². The summed E-state index contributed by atoms with van der Waals surface area (Å²) in [6.45, 7) is 1.11. The Hall–Kier alpha value is -1.11. The smallest absolute Gasteiger partial charge is 0.257 e. The normalized spacial score (nSPS) is 22.3. The summed E-state index contributed by atoms with van der Waals surface area (Å²) < 4.78 is 6.08. The van der Waals surface area contributed by atoms with E-state index in [1.165, 1.54) is 7.11 Å². The van der Waals surface area contributed by atoms with E-state index in [2.05, 4.69) is 21.2 Å². The Balaban J connectivity index is 2.23. The summed E-state index contributed by atoms with van der Waals surface area (Å²) in [4.78, 5) is 14.0. The Morgan fingerprint density at radius 2 is 2.26 bits per heavy atom. The predicted molar refractivity (Wildman–Crippen MR) is 75.5 cm³/mol. The molecule has 6 heteroatoms. The lowest BCUT2D eigenvalue weighted by Gasteiger charge is -2.27. The molecule has 1 aromatic carbocycles. The number of hydrogen-bond donors (Lipinski definition) is 2. The third-order valence-corrected chi connectivity index (χ3v) is 3.86. The van der Waals surface area contributed by atoms with Crippen LogP contribution in [0.25, 0.3) is 0 Å². The van der Waals surface area contributed by atoms with Gasteiger partial charge in [-0.05, 0) is 18.2 Å². The molecule has 19 heavy (non-hydrogen) atoms. The highest BCUT2D eigenvalue weighted by atomic mass is 79.9. The molecule has 0 aliphatic carbocycles. The van der Waals surface area contributed by atoms with Crippen molar-refractivity contribution in [3.8, 4) is 5.75 Å². The molecule has 104 valence electrons. The number of nitrogens with zero attached hydrogens (tertiary/aromatic N) is 1. The van der Waals surface area contributed by atoms with Crippen molar-refractivity contribution in [3.05, 3.63) is 28.2 Å². The fourth-order valence-corrected chi connectivity index (χ4v) is 2.57. The zero-order valence-electron chi connectivity index (χ0n) is 10.9. The van der Waals surface area contributed by atoms with Gasteiger partial charge in [-0.2, -0.15) is 0 Å². The van der Waals surface area contributed by atoms with Gasteiger partial charge in [-0.1, -0.05) is 15.9 Å². The van der Waals surface area contributed by atoms with Crippen molar-refractivity contribution in [2.75, 3.05) is 27.2 Å². The number of aliphatic hydroxyl groups excluding tert-OH is 1. The minimum atomic E-state index is -0.532. The Morgan fingerprint density at radius 1 is 1.53 bits per heavy atom. The molecule has 1 fully saturated rings. The number of rotatable bonds is 3. The number of β-amino-alcohol motifs (C(OH)–C–C–N with tert-alkyl or cyclic N) is 1. The minimum absolute atomic E-state index is 0.155. The Kier molecular flexibility index (Phi) is 4.44. The van der Waals surface area contributed by atoms with E-state index in [9.17, 15) is 9.90 Å². The number of ether oxygens (including phenoxy) is 1. The summed E-state index contributed by atoms with van der Waals surface area (Å²) in [6, 6.07) is 5.06. The van der Waals surface area contributed by atoms with Crippen molar-refractivity contribution < 1.29 is 14.6 Å². The molecular formula is C13H17BrN2O3. The molecule has 1 aliphatic heterocycles. The highest BCUT2D eigenvalue weighted by Gasteiger charge is 2.32. The summed E-state index contributed by atoms with van der Waals surface area (Å²) in [5, 5.41) is 12.9. The summed E-state index contributed by atoms with van der Waals surface area (Å²) in [7, 11) is 3.23. The summed E-state index contributed by atoms with van der Waals surface area (Å²) in [6.07, 6.45) is -0.532. The topological polar surface area (TPSA) is 61.8 Å². The second-order valence-electron chi connectivity index (χ2n) is 4.55. The SMILES string of the molecule is COc1cc(Br)ccc1C(=O)N(C)[C@@H]1CNC[C@H]1O. The number of carbonyl (C=O) groups is 1. The molecule has 0 aromatic heterocycles. The van der Waals surface area contributed by atoms with Crippen LogP contribution in [0.2, 0.25) is 0 Å². The number of aliphatic hydroxyl groups is 1. The van der Waals surface area contributed by atoms with Crippen LogP contribution in [0.5, 0.6) is 5.75 Å². The highest BCUT2D eigenvalue weighted by molar-refractivity contribution is 9.10. The molecule has 0 radical (unpaired) electrons. The molecule has 0 spiro atoms. The zero-order valence-corrected chi connectivity index (χ0v) is 12.5. The van der Waals surface area contributed by atoms with E-state index in [0.717, 1.165) is 4.47 Å². The average molecular weight is 329 g/mol. The Morgan fingerprint density at radius 3 is 2.84 bits per heavy atom. The highest BCUT2D eigenvalue weighted by Crippen LogP contribution is 2.25. The Bertz CT molecular complexity index is 481. The third kappa shape index (κ3) is 2.91. The molecule has 0 saturated carbocycles. The van der Waals surface area contributed by atoms with Gasteiger partial charge >= 0.3 is 0 Å². The van der Waals surface area contributed by atoms with Crippen molar-refractivity contribution in [1.82, 2.24) is 10.2 Å². The maximum Gasteiger partial charge on any atom is 0.257 e. The Labute approximate surface area is 120 Å². The monoisotopic (exact) mass is 328 g/mol. The van der Waals surface area contributed by atoms with E-state index < -0.39 is 6.10 Å². The van der Waals surface area contributed by atoms with Crippen LogP contribution >= 0.6 is 15.9 Å². The maximum atomic E-state index is 12.5. The van der Waals surface area contributed by atoms with Gasteiger partial charge in [-0.15, -0.1) is 0 Å². The first kappa shape index (κ1) is 14.3. The van der Waals surface area contributed by atoms with E-state index >= 15 is 0 Å². The number of nitrogens with one attached hydrogen (secondary N) is 1. The predicted octanol–water partition coefficient (Wildman–Crippen LogP) is 0.862. The van der Waals surface area contributed by atoms with E-state index in [1.807, 2.05) is 0 Å². The third-order valence-electron chi connectivity index (χ3n) is 3.36. The first-order valence-corrected chi connectivity index (χ1v) is 6.83. The van der Waals surface area contributed by atoms with Crippen molar-refractivity contribution in [2.45, 2.75) is 12.1 Å². The van der Waals surface area contributed by atoms with Crippen LogP contribution in [0.3, 0.4) is 0 Å². The van der Waals surface area contributed by atoms with Gasteiger partial charge in [0.05, 0.1) is 24.8 Å². The van der Waals surface area contributed by atoms with Crippen molar-refractivity contribution >= 4 is 21.8 Å². The molecule has 1 aliphatic rings. The average Bonchev–Trinajstić information content (AvgIpc) is 2.83. The number of hydrogen-bond acceptors (Lipinski definition) is 4. The van der Waals surface area contributed by atoms with Gasteiger partial charge in [0.1, 0.15) is 5.75 Å². The second kappa shape index (κ2) is 5.90. The van der Waals surface area contributed by atoms with Crippen LogP contribution in [0, 0.1) is 0 Å². The van der Waals surface area contributed by atoms with Crippen molar-refractivity contribution in [1.29, 1.82) is 0 Å². The van der Waals surface area contributed by atoms with Gasteiger partial charge < -0.3 is 20.1 Å². The first-order chi connectivity index (χ1) is 9.04. The number of likely N-dealkylation sites (N-methyl/N-ethyl adjacent to an activating group) is 1. The second-order valence-corrected chi connectivity index (χ2v) is 5.47. The lowest BCUT2D eigenvalue weighted by Crippen LogP contribution is -2.44. The van der Waals surface area contributed by atoms with E-state index in [4.69, 9.17) is 4.74 Å². The number of amides is 1. The molecule has 1 saturated heterocycles. The molecule has 0 bridgehead atoms. The van der Waals surface area contributed by atoms with Crippen LogP contribution in [0.15, 0.2) is 22.7 Å². The van der Waals surface area contributed by atoms with Crippen LogP contribution < -0.4 is 10.1 Å². The van der Waals surface area contributed by atoms with E-state index in [-0.39, 0.29) is 11.9 Å².